The van der Waals surface area contributed by atoms with Gasteiger partial charge in [-0.3, -0.25) is 0 Å². The fraction of sp³-hybridized carbons (Fsp3) is 0.0769. The van der Waals surface area contributed by atoms with Crippen molar-refractivity contribution in [2.75, 3.05) is 0 Å². The summed E-state index contributed by atoms with van der Waals surface area (Å²) in [4.78, 5) is 8.08. The Bertz CT molecular complexity index is 2510. The van der Waals surface area contributed by atoms with E-state index in [1.165, 1.54) is 81.0 Å². The van der Waals surface area contributed by atoms with Gasteiger partial charge in [0.15, 0.2) is 36.5 Å². The summed E-state index contributed by atoms with van der Waals surface area (Å²) in [5.74, 6) is 0. The minimum atomic E-state index is -4.94. The maximum Gasteiger partial charge on any atom is 0.357 e. The number of benzene rings is 8. The van der Waals surface area contributed by atoms with Crippen molar-refractivity contribution in [1.29, 1.82) is 0 Å². The van der Waals surface area contributed by atoms with Crippen LogP contribution in [0.4, 0.5) is 0 Å². The predicted molar refractivity (Wildman–Crippen MR) is 230 cm³/mol. The van der Waals surface area contributed by atoms with Gasteiger partial charge in [0.25, 0.3) is 0 Å². The van der Waals surface area contributed by atoms with Crippen LogP contribution in [0.25, 0.3) is 22.3 Å². The van der Waals surface area contributed by atoms with Crippen molar-refractivity contribution in [3.8, 4) is 22.3 Å². The first kappa shape index (κ1) is 56.5. The van der Waals surface area contributed by atoms with Crippen molar-refractivity contribution in [2.45, 2.75) is 57.1 Å². The first-order valence-corrected chi connectivity index (χ1v) is 28.8. The second-order valence-corrected chi connectivity index (χ2v) is 24.5. The Morgan fingerprint density at radius 3 is 0.557 bits per heavy atom. The highest BCUT2D eigenvalue weighted by Gasteiger charge is 2.30. The van der Waals surface area contributed by atoms with Gasteiger partial charge in [0.1, 0.15) is 0 Å². The van der Waals surface area contributed by atoms with Gasteiger partial charge in [0, 0.05) is 0 Å². The van der Waals surface area contributed by atoms with Crippen LogP contribution < -0.4 is 77.1 Å². The van der Waals surface area contributed by atoms with E-state index >= 15 is 0 Å². The van der Waals surface area contributed by atoms with Crippen molar-refractivity contribution in [3.63, 3.8) is 0 Å². The van der Waals surface area contributed by atoms with Crippen LogP contribution in [0, 0.1) is 65.6 Å². The number of halogens is 4. The zero-order valence-corrected chi connectivity index (χ0v) is 43.8. The molecule has 18 heteroatoms. The van der Waals surface area contributed by atoms with Gasteiger partial charge < -0.3 is 0 Å². The Balaban J connectivity index is 0.000000533. The summed E-state index contributed by atoms with van der Waals surface area (Å²) in [5.41, 5.74) is 10.2. The fourth-order valence-electron chi connectivity index (χ4n) is 6.62. The van der Waals surface area contributed by atoms with Gasteiger partial charge in [0.2, 0.25) is 0 Å². The average Bonchev–Trinajstić information content (AvgIpc) is 3.29. The summed E-state index contributed by atoms with van der Waals surface area (Å²) in [5, 5.41) is 0. The van der Waals surface area contributed by atoms with E-state index in [1.807, 2.05) is 0 Å². The topological polar surface area (TPSA) is 277 Å². The van der Waals surface area contributed by atoms with Gasteiger partial charge >= 0.3 is 21.2 Å². The van der Waals surface area contributed by atoms with Crippen LogP contribution >= 0.6 is 0 Å². The van der Waals surface area contributed by atoms with E-state index in [4.69, 9.17) is 55.9 Å². The van der Waals surface area contributed by atoms with Gasteiger partial charge in [-0.1, -0.05) is 70.8 Å². The zero-order chi connectivity index (χ0) is 51.2. The lowest BCUT2D eigenvalue weighted by Crippen LogP contribution is -3.61. The molecule has 0 atom stereocenters. The number of hydrogen-bond donors (Lipinski definition) is 0. The monoisotopic (exact) mass is 1160 g/mol. The smallest absolute Gasteiger partial charge is 0.222 e. The van der Waals surface area contributed by atoms with Crippen molar-refractivity contribution >= 4 is 21.8 Å². The Morgan fingerprint density at radius 2 is 0.386 bits per heavy atom. The van der Waals surface area contributed by atoms with E-state index in [2.05, 4.69) is 222 Å². The highest BCUT2D eigenvalue weighted by Crippen LogP contribution is 2.35. The molecule has 8 aromatic rings. The second-order valence-electron chi connectivity index (χ2n) is 15.2. The molecule has 364 valence electrons. The summed E-state index contributed by atoms with van der Waals surface area (Å²) in [6, 6.07) is 73.0. The third-order valence-electron chi connectivity index (χ3n) is 9.78. The molecule has 0 aliphatic carbocycles. The Hall–Kier alpha value is -4.42. The van der Waals surface area contributed by atoms with Crippen molar-refractivity contribution in [3.05, 3.63) is 224 Å². The van der Waals surface area contributed by atoms with E-state index < -0.39 is 30.7 Å². The van der Waals surface area contributed by atoms with Gasteiger partial charge in [-0.2, -0.15) is 0 Å². The van der Waals surface area contributed by atoms with Crippen LogP contribution in [0.5, 0.6) is 0 Å². The molecule has 8 rings (SSSR count). The van der Waals surface area contributed by atoms with Crippen LogP contribution in [0.15, 0.2) is 223 Å². The summed E-state index contributed by atoms with van der Waals surface area (Å²) >= 11 is -0.278. The third kappa shape index (κ3) is 20.0. The molecule has 70 heavy (non-hydrogen) atoms. The molecule has 0 heterocycles. The van der Waals surface area contributed by atoms with Crippen LogP contribution in [0.1, 0.15) is 22.3 Å². The van der Waals surface area contributed by atoms with E-state index in [0.717, 1.165) is 0 Å². The van der Waals surface area contributed by atoms with Crippen LogP contribution in [-0.2, 0) is 21.8 Å². The molecule has 0 N–H and O–H groups in total. The maximum absolute atomic E-state index is 8.49. The predicted octanol–water partition coefficient (Wildman–Crippen LogP) is -3.69. The minimum Gasteiger partial charge on any atom is -0.222 e. The minimum absolute atomic E-state index is 0.151. The van der Waals surface area contributed by atoms with Crippen molar-refractivity contribution in [1.82, 2.24) is 0 Å². The second kappa shape index (κ2) is 25.8. The van der Waals surface area contributed by atoms with Gasteiger partial charge in [-0.05, 0) is 196 Å². The highest BCUT2D eigenvalue weighted by atomic mass is 127. The summed E-state index contributed by atoms with van der Waals surface area (Å²) < 4.78 is 105. The molecule has 0 aliphatic heterocycles. The molecule has 0 amide bonds. The summed E-state index contributed by atoms with van der Waals surface area (Å²) in [6.07, 6.45) is 0. The highest BCUT2D eigenvalue weighted by molar-refractivity contribution is 7.97. The Morgan fingerprint density at radius 1 is 0.243 bits per heavy atom. The number of hydrogen-bond acceptors (Lipinski definition) is 12. The van der Waals surface area contributed by atoms with Gasteiger partial charge in [0.05, 0.1) is 21.8 Å². The molecular weight excluding hydrogens is 1110 g/mol. The lowest BCUT2D eigenvalue weighted by molar-refractivity contribution is -2.00. The van der Waals surface area contributed by atoms with E-state index in [-0.39, 0.29) is 43.0 Å². The third-order valence-corrected chi connectivity index (χ3v) is 16.9. The molecule has 0 bridgehead atoms. The standard InChI is InChI=1S/C52H44IS2.3ClHO4/c1-37-5-25-47(26-6-37)54(48-27-7-38(2)8-28-48)51-33-17-43(18-34-51)41-13-21-45(22-14-41)53-46-23-15-42(16-24-46)44-19-35-52(36-20-44)55(49-29-9-39(3)10-30-49)50-31-11-40(4)12-32-50;3*2-1(3,4)5/h5-36H,1-4H3;3*(H,2,3,4,5)/q+3;;;/p-3. The molecule has 0 aromatic heterocycles. The van der Waals surface area contributed by atoms with Gasteiger partial charge in [-0.25, -0.2) is 55.9 Å². The maximum atomic E-state index is 8.49. The molecule has 12 nitrogen and oxygen atoms in total. The lowest BCUT2D eigenvalue weighted by Gasteiger charge is -2.17. The molecule has 8 aromatic carbocycles. The fourth-order valence-corrected chi connectivity index (χ4v) is 12.9. The van der Waals surface area contributed by atoms with E-state index in [9.17, 15) is 0 Å². The van der Waals surface area contributed by atoms with Crippen molar-refractivity contribution in [2.24, 2.45) is 0 Å². The molecule has 0 saturated heterocycles. The zero-order valence-electron chi connectivity index (χ0n) is 37.7. The summed E-state index contributed by atoms with van der Waals surface area (Å²) in [7, 11) is -15.1. The molecule has 0 unspecified atom stereocenters. The normalized spacial score (nSPS) is 11.5. The quantitative estimate of drug-likeness (QED) is 0.0946. The Kier molecular flexibility index (Phi) is 20.8. The molecule has 0 aliphatic rings. The summed E-state index contributed by atoms with van der Waals surface area (Å²) in [6.45, 7) is 8.62. The van der Waals surface area contributed by atoms with Gasteiger partial charge in [-0.15, -0.1) is 30.7 Å². The van der Waals surface area contributed by atoms with Crippen LogP contribution in [0.2, 0.25) is 0 Å². The number of rotatable bonds is 10. The first-order chi connectivity index (χ1) is 32.9. The molecule has 0 fully saturated rings. The van der Waals surface area contributed by atoms with E-state index in [1.54, 1.807) is 0 Å². The molecule has 0 radical (unpaired) electrons. The molecule has 0 saturated carbocycles. The molecular formula is C52H44Cl3IO12S2. The SMILES string of the molecule is Cc1ccc([S+](c2ccc(C)cc2)c2ccc(-c3ccc([I+]c4ccc(-c5ccc([S+](c6ccc(C)cc6)c6ccc(C)cc6)cc5)cc4)cc3)cc2)cc1.[O-][Cl+3]([O-])([O-])[O-].[O-][Cl+3]([O-])([O-])[O-].[O-][Cl+3]([O-])([O-])[O-]. The largest absolute Gasteiger partial charge is 0.357 e. The van der Waals surface area contributed by atoms with Crippen LogP contribution in [-0.4, -0.2) is 0 Å². The van der Waals surface area contributed by atoms with Crippen LogP contribution in [0.3, 0.4) is 0 Å². The van der Waals surface area contributed by atoms with Crippen molar-refractivity contribution < 1.29 is 108 Å². The average molecular weight is 1160 g/mol. The first-order valence-electron chi connectivity index (χ1n) is 20.5. The molecule has 0 spiro atoms. The Labute approximate surface area is 429 Å². The number of aryl methyl sites for hydroxylation is 4. The lowest BCUT2D eigenvalue weighted by atomic mass is 10.1. The van der Waals surface area contributed by atoms with E-state index in [0.29, 0.717) is 0 Å².